The Morgan fingerprint density at radius 3 is 1.11 bits per heavy atom. The molecule has 13 rings (SSSR count). The lowest BCUT2D eigenvalue weighted by Gasteiger charge is -2.62. The monoisotopic (exact) mass is 510 g/mol. The van der Waals surface area contributed by atoms with Crippen LogP contribution < -0.4 is 0 Å². The highest BCUT2D eigenvalue weighted by molar-refractivity contribution is 5.58. The van der Waals surface area contributed by atoms with Crippen molar-refractivity contribution in [3.63, 3.8) is 0 Å². The van der Waals surface area contributed by atoms with Crippen LogP contribution in [0.3, 0.4) is 0 Å². The smallest absolute Gasteiger partial charge is 0.119 e. The highest BCUT2D eigenvalue weighted by Gasteiger charge is 2.59. The van der Waals surface area contributed by atoms with Gasteiger partial charge in [-0.2, -0.15) is 0 Å². The van der Waals surface area contributed by atoms with Gasteiger partial charge in [-0.3, -0.25) is 0 Å². The molecule has 12 fully saturated rings. The number of rotatable bonds is 3. The summed E-state index contributed by atoms with van der Waals surface area (Å²) in [5.74, 6) is 9.43. The Bertz CT molecular complexity index is 1100. The molecule has 0 radical (unpaired) electrons. The summed E-state index contributed by atoms with van der Waals surface area (Å²) in [5.41, 5.74) is 7.84. The first-order chi connectivity index (χ1) is 18.4. The van der Waals surface area contributed by atoms with Crippen LogP contribution in [0.2, 0.25) is 0 Å². The summed E-state index contributed by atoms with van der Waals surface area (Å²) in [7, 11) is 0. The van der Waals surface area contributed by atoms with Gasteiger partial charge in [-0.05, 0) is 209 Å². The van der Waals surface area contributed by atoms with Crippen molar-refractivity contribution in [1.82, 2.24) is 0 Å². The predicted molar refractivity (Wildman–Crippen MR) is 152 cm³/mol. The van der Waals surface area contributed by atoms with E-state index in [-0.39, 0.29) is 0 Å². The third-order valence-corrected chi connectivity index (χ3v) is 15.3. The van der Waals surface area contributed by atoms with Crippen molar-refractivity contribution in [2.45, 2.75) is 139 Å². The predicted octanol–water partition coefficient (Wildman–Crippen LogP) is 9.10. The topological polar surface area (TPSA) is 20.2 Å². The minimum atomic E-state index is 0.292. The van der Waals surface area contributed by atoms with E-state index in [4.69, 9.17) is 0 Å². The number of benzene rings is 1. The molecule has 12 aliphatic carbocycles. The van der Waals surface area contributed by atoms with Crippen LogP contribution in [0.5, 0.6) is 5.75 Å². The molecular formula is C37H50O. The summed E-state index contributed by atoms with van der Waals surface area (Å²) in [6, 6.07) is 2.50. The number of phenols is 1. The quantitative estimate of drug-likeness (QED) is 0.430. The minimum absolute atomic E-state index is 0.292. The Hall–Kier alpha value is -0.980. The van der Waals surface area contributed by atoms with Gasteiger partial charge in [0.25, 0.3) is 0 Å². The van der Waals surface area contributed by atoms with Crippen molar-refractivity contribution in [3.8, 4) is 5.75 Å². The maximum atomic E-state index is 12.2. The fourth-order valence-electron chi connectivity index (χ4n) is 15.8. The summed E-state index contributed by atoms with van der Waals surface area (Å²) >= 11 is 0. The Morgan fingerprint density at radius 2 is 0.763 bits per heavy atom. The molecule has 1 N–H and O–H groups in total. The van der Waals surface area contributed by atoms with E-state index in [2.05, 4.69) is 13.0 Å². The molecule has 1 aromatic rings. The zero-order chi connectivity index (χ0) is 25.0. The first-order valence-corrected chi connectivity index (χ1v) is 17.3. The lowest BCUT2D eigenvalue weighted by Crippen LogP contribution is -2.53. The van der Waals surface area contributed by atoms with Crippen molar-refractivity contribution >= 4 is 0 Å². The largest absolute Gasteiger partial charge is 0.508 e. The SMILES string of the molecule is Cc1c(C23CC4CC(CC(C4)C2)C3)c(O)cc(C23CC4CC(CC(C4)C2)C3)c1C12CC3CC(CC(C3)C1)C2. The van der Waals surface area contributed by atoms with Crippen molar-refractivity contribution in [2.24, 2.45) is 53.3 Å². The maximum absolute atomic E-state index is 12.2. The third kappa shape index (κ3) is 2.91. The molecule has 0 unspecified atom stereocenters. The zero-order valence-electron chi connectivity index (χ0n) is 23.9. The van der Waals surface area contributed by atoms with Crippen LogP contribution in [-0.4, -0.2) is 5.11 Å². The van der Waals surface area contributed by atoms with Gasteiger partial charge < -0.3 is 5.11 Å². The van der Waals surface area contributed by atoms with Crippen LogP contribution in [0.1, 0.15) is 138 Å². The summed E-state index contributed by atoms with van der Waals surface area (Å²) in [4.78, 5) is 0. The molecule has 0 saturated heterocycles. The van der Waals surface area contributed by atoms with Gasteiger partial charge in [0.1, 0.15) is 5.75 Å². The standard InChI is InChI=1S/C37H50O/c1-21-33(36-15-25-5-26(16-36)7-27(6-25)17-36)31(35-12-22-2-23(13-35)4-24(3-22)14-35)11-32(38)34(21)37-18-28-8-29(19-37)10-30(9-28)20-37/h11,22-30,38H,2-10,12-20H2,1H3. The van der Waals surface area contributed by atoms with E-state index < -0.39 is 0 Å². The second kappa shape index (κ2) is 7.26. The summed E-state index contributed by atoms with van der Waals surface area (Å²) in [6.45, 7) is 2.56. The molecule has 12 bridgehead atoms. The average Bonchev–Trinajstić information content (AvgIpc) is 2.81. The molecule has 38 heavy (non-hydrogen) atoms. The van der Waals surface area contributed by atoms with Crippen LogP contribution in [0, 0.1) is 60.2 Å². The highest BCUT2D eigenvalue weighted by Crippen LogP contribution is 2.69. The van der Waals surface area contributed by atoms with Crippen LogP contribution in [0.4, 0.5) is 0 Å². The van der Waals surface area contributed by atoms with E-state index >= 15 is 0 Å². The van der Waals surface area contributed by atoms with Gasteiger partial charge in [0.2, 0.25) is 0 Å². The maximum Gasteiger partial charge on any atom is 0.119 e. The molecule has 0 atom stereocenters. The Labute approximate surface area is 230 Å². The molecule has 1 aromatic carbocycles. The Morgan fingerprint density at radius 1 is 0.474 bits per heavy atom. The first-order valence-electron chi connectivity index (χ1n) is 17.3. The van der Waals surface area contributed by atoms with Crippen molar-refractivity contribution in [2.75, 3.05) is 0 Å². The molecular weight excluding hydrogens is 460 g/mol. The molecule has 0 heterocycles. The van der Waals surface area contributed by atoms with Gasteiger partial charge in [0.05, 0.1) is 0 Å². The van der Waals surface area contributed by atoms with Gasteiger partial charge >= 0.3 is 0 Å². The molecule has 1 nitrogen and oxygen atoms in total. The molecule has 12 saturated carbocycles. The molecule has 0 aromatic heterocycles. The van der Waals surface area contributed by atoms with Gasteiger partial charge in [-0.1, -0.05) is 0 Å². The van der Waals surface area contributed by atoms with Crippen LogP contribution in [0.15, 0.2) is 6.07 Å². The number of aromatic hydroxyl groups is 1. The molecule has 204 valence electrons. The van der Waals surface area contributed by atoms with Gasteiger partial charge in [0, 0.05) is 11.0 Å². The molecule has 0 spiro atoms. The van der Waals surface area contributed by atoms with E-state index in [9.17, 15) is 5.11 Å². The first kappa shape index (κ1) is 22.7. The van der Waals surface area contributed by atoms with Crippen molar-refractivity contribution in [1.29, 1.82) is 0 Å². The summed E-state index contributed by atoms with van der Waals surface area (Å²) < 4.78 is 0. The second-order valence-corrected chi connectivity index (χ2v) is 17.9. The van der Waals surface area contributed by atoms with E-state index in [0.29, 0.717) is 16.2 Å². The Kier molecular flexibility index (Phi) is 4.33. The van der Waals surface area contributed by atoms with Gasteiger partial charge in [-0.25, -0.2) is 0 Å². The second-order valence-electron chi connectivity index (χ2n) is 17.9. The van der Waals surface area contributed by atoms with E-state index in [0.717, 1.165) is 59.0 Å². The number of hydrogen-bond acceptors (Lipinski definition) is 1. The van der Waals surface area contributed by atoms with Crippen LogP contribution in [0.25, 0.3) is 0 Å². The summed E-state index contributed by atoms with van der Waals surface area (Å²) in [6.07, 6.45) is 26.5. The van der Waals surface area contributed by atoms with Crippen molar-refractivity contribution in [3.05, 3.63) is 28.3 Å². The number of hydrogen-bond donors (Lipinski definition) is 1. The fourth-order valence-corrected chi connectivity index (χ4v) is 15.8. The highest BCUT2D eigenvalue weighted by atomic mass is 16.3. The molecule has 12 aliphatic rings. The molecule has 0 amide bonds. The average molecular weight is 511 g/mol. The van der Waals surface area contributed by atoms with Crippen LogP contribution in [-0.2, 0) is 16.2 Å². The minimum Gasteiger partial charge on any atom is -0.508 e. The lowest BCUT2D eigenvalue weighted by molar-refractivity contribution is -0.0190. The van der Waals surface area contributed by atoms with Crippen LogP contribution >= 0.6 is 0 Å². The van der Waals surface area contributed by atoms with E-state index in [1.54, 1.807) is 11.1 Å². The van der Waals surface area contributed by atoms with E-state index in [1.165, 1.54) is 121 Å². The van der Waals surface area contributed by atoms with Gasteiger partial charge in [-0.15, -0.1) is 0 Å². The normalized spacial score (nSPS) is 54.8. The fraction of sp³-hybridized carbons (Fsp3) is 0.838. The van der Waals surface area contributed by atoms with Gasteiger partial charge in [0.15, 0.2) is 0 Å². The number of phenolic OH excluding ortho intramolecular Hbond substituents is 1. The molecule has 0 aliphatic heterocycles. The molecule has 1 heteroatoms. The summed E-state index contributed by atoms with van der Waals surface area (Å²) in [5, 5.41) is 12.2. The zero-order valence-corrected chi connectivity index (χ0v) is 23.9. The van der Waals surface area contributed by atoms with E-state index in [1.807, 2.05) is 5.56 Å². The third-order valence-electron chi connectivity index (χ3n) is 15.3. The Balaban J connectivity index is 1.20. The lowest BCUT2D eigenvalue weighted by atomic mass is 9.43. The van der Waals surface area contributed by atoms with Crippen molar-refractivity contribution < 1.29 is 5.11 Å².